The average Bonchev–Trinajstić information content (AvgIpc) is 3.22. The van der Waals surface area contributed by atoms with Gasteiger partial charge in [-0.15, -0.1) is 0 Å². The summed E-state index contributed by atoms with van der Waals surface area (Å²) in [7, 11) is 0. The molecule has 0 aliphatic rings. The van der Waals surface area contributed by atoms with Crippen LogP contribution in [0.4, 0.5) is 0 Å². The van der Waals surface area contributed by atoms with Gasteiger partial charge in [0.25, 0.3) is 5.91 Å². The molecule has 0 saturated heterocycles. The van der Waals surface area contributed by atoms with Gasteiger partial charge in [0.05, 0.1) is 18.9 Å². The third-order valence-corrected chi connectivity index (χ3v) is 10.2. The van der Waals surface area contributed by atoms with Gasteiger partial charge in [-0.2, -0.15) is 0 Å². The predicted octanol–water partition coefficient (Wildman–Crippen LogP) is 1.03. The molecule has 1 unspecified atom stereocenters. The van der Waals surface area contributed by atoms with Crippen molar-refractivity contribution in [3.8, 4) is 0 Å². The van der Waals surface area contributed by atoms with Gasteiger partial charge in [-0.25, -0.2) is 0 Å². The van der Waals surface area contributed by atoms with Crippen molar-refractivity contribution in [2.24, 2.45) is 11.3 Å². The Labute approximate surface area is 385 Å². The van der Waals surface area contributed by atoms with E-state index in [4.69, 9.17) is 5.11 Å². The van der Waals surface area contributed by atoms with E-state index in [9.17, 15) is 63.0 Å². The molecule has 368 valence electrons. The van der Waals surface area contributed by atoms with Gasteiger partial charge in [-0.05, 0) is 55.1 Å². The predicted molar refractivity (Wildman–Crippen MR) is 239 cm³/mol. The maximum Gasteiger partial charge on any atom is 0.305 e. The Morgan fingerprint density at radius 1 is 0.591 bits per heavy atom. The molecular formula is C45H69N7O14. The van der Waals surface area contributed by atoms with Crippen LogP contribution in [0.5, 0.6) is 0 Å². The van der Waals surface area contributed by atoms with Crippen LogP contribution in [0.15, 0.2) is 24.3 Å². The van der Waals surface area contributed by atoms with Crippen LogP contribution >= 0.6 is 0 Å². The van der Waals surface area contributed by atoms with E-state index in [0.717, 1.165) is 0 Å². The number of nitrogens with one attached hydrogen (secondary N) is 7. The van der Waals surface area contributed by atoms with Gasteiger partial charge in [0.1, 0.15) is 30.2 Å². The zero-order chi connectivity index (χ0) is 50.3. The summed E-state index contributed by atoms with van der Waals surface area (Å²) in [6.07, 6.45) is -1.58. The van der Waals surface area contributed by atoms with Crippen molar-refractivity contribution in [3.05, 3.63) is 35.4 Å². The lowest BCUT2D eigenvalue weighted by Gasteiger charge is -2.34. The molecule has 21 heteroatoms. The Hall–Kier alpha value is -6.41. The Bertz CT molecular complexity index is 1900. The third-order valence-electron chi connectivity index (χ3n) is 10.2. The van der Waals surface area contributed by atoms with Gasteiger partial charge in [0.2, 0.25) is 41.2 Å². The van der Waals surface area contributed by atoms with Crippen molar-refractivity contribution in [1.82, 2.24) is 37.2 Å². The van der Waals surface area contributed by atoms with Crippen LogP contribution in [0.2, 0.25) is 0 Å². The number of hydrogen-bond donors (Lipinski definition) is 10. The maximum atomic E-state index is 14.4. The van der Waals surface area contributed by atoms with E-state index < -0.39 is 139 Å². The summed E-state index contributed by atoms with van der Waals surface area (Å²) in [5, 5.41) is 45.3. The number of Topliss-reactive ketones (excluding diaryl/α,β-unsaturated/α-hetero) is 1. The number of carboxylic acid groups (broad SMARTS) is 3. The Balaban J connectivity index is 3.60. The first-order valence-electron chi connectivity index (χ1n) is 22.1. The SMILES string of the molecule is CCCCC(NC(=O)[C@H](CC(C)C)NC(=O)[C@@H](NC(=O)[C@H](Cc1ccccc1C)NC(=O)[C@H](CCC(=O)O)NC(=O)[C@H](CC(=O)O)NC(=O)CCC(=O)O)C(C)(C)C)C(=O)C(=O)NCCC. The molecular weight excluding hydrogens is 863 g/mol. The number of carbonyl (C=O) groups excluding carboxylic acids is 8. The lowest BCUT2D eigenvalue weighted by atomic mass is 9.85. The molecule has 0 aliphatic heterocycles. The molecule has 0 spiro atoms. The van der Waals surface area contributed by atoms with Gasteiger partial charge in [0.15, 0.2) is 0 Å². The first-order chi connectivity index (χ1) is 30.8. The zero-order valence-corrected chi connectivity index (χ0v) is 39.2. The van der Waals surface area contributed by atoms with Gasteiger partial charge in [0, 0.05) is 25.8 Å². The molecule has 0 radical (unpaired) electrons. The molecule has 0 saturated carbocycles. The molecule has 1 rings (SSSR count). The quantitative estimate of drug-likeness (QED) is 0.0482. The van der Waals surface area contributed by atoms with Crippen LogP contribution in [-0.2, 0) is 59.2 Å². The second-order valence-corrected chi connectivity index (χ2v) is 17.6. The fourth-order valence-corrected chi connectivity index (χ4v) is 6.53. The smallest absolute Gasteiger partial charge is 0.305 e. The number of aliphatic carboxylic acids is 3. The molecule has 0 fully saturated rings. The van der Waals surface area contributed by atoms with E-state index in [-0.39, 0.29) is 31.7 Å². The standard InChI is InChI=1S/C45H69N7O14/c1-9-11-16-28(37(60)43(65)46-21-10-2)48-40(62)30(22-25(3)4)51-44(66)38(45(6,7)8)52-42(64)31(23-27-15-13-12-14-26(27)5)50-39(61)29(17-19-34(54)55)49-41(63)32(24-36(58)59)47-33(53)18-20-35(56)57/h12-15,25,28-32,38H,9-11,16-24H2,1-8H3,(H,46,65)(H,47,53)(H,48,62)(H,49,63)(H,50,61)(H,51,66)(H,52,64)(H,54,55)(H,56,57)(H,58,59)/t28?,29-,30-,31-,32-,38+/m0/s1. The van der Waals surface area contributed by atoms with Gasteiger partial charge in [-0.1, -0.05) is 85.6 Å². The molecule has 0 bridgehead atoms. The van der Waals surface area contributed by atoms with Gasteiger partial charge in [-0.3, -0.25) is 52.7 Å². The van der Waals surface area contributed by atoms with Crippen molar-refractivity contribution < 1.29 is 68.1 Å². The molecule has 0 heterocycles. The monoisotopic (exact) mass is 931 g/mol. The van der Waals surface area contributed by atoms with Crippen molar-refractivity contribution in [2.45, 2.75) is 162 Å². The van der Waals surface area contributed by atoms with E-state index in [1.807, 2.05) is 27.7 Å². The highest BCUT2D eigenvalue weighted by molar-refractivity contribution is 6.38. The average molecular weight is 932 g/mol. The van der Waals surface area contributed by atoms with E-state index in [1.165, 1.54) is 0 Å². The van der Waals surface area contributed by atoms with E-state index in [2.05, 4.69) is 37.2 Å². The zero-order valence-electron chi connectivity index (χ0n) is 39.2. The lowest BCUT2D eigenvalue weighted by Crippen LogP contribution is -2.62. The fraction of sp³-hybridized carbons (Fsp3) is 0.622. The number of amides is 7. The molecule has 0 aromatic heterocycles. The normalized spacial score (nSPS) is 13.9. The summed E-state index contributed by atoms with van der Waals surface area (Å²) in [5.41, 5.74) is 0.246. The number of carboxylic acids is 3. The molecule has 1 aromatic carbocycles. The summed E-state index contributed by atoms with van der Waals surface area (Å²) in [6.45, 7) is 14.3. The molecule has 0 aliphatic carbocycles. The highest BCUT2D eigenvalue weighted by Crippen LogP contribution is 2.21. The number of unbranched alkanes of at least 4 members (excludes halogenated alkanes) is 1. The molecule has 6 atom stereocenters. The summed E-state index contributed by atoms with van der Waals surface area (Å²) < 4.78 is 0. The number of ketones is 1. The first-order valence-corrected chi connectivity index (χ1v) is 22.1. The van der Waals surface area contributed by atoms with Crippen LogP contribution in [0, 0.1) is 18.3 Å². The highest BCUT2D eigenvalue weighted by atomic mass is 16.4. The van der Waals surface area contributed by atoms with Gasteiger partial charge < -0.3 is 52.5 Å². The molecule has 7 amide bonds. The van der Waals surface area contributed by atoms with E-state index in [1.54, 1.807) is 52.0 Å². The van der Waals surface area contributed by atoms with Crippen LogP contribution < -0.4 is 37.2 Å². The number of carbonyl (C=O) groups is 11. The molecule has 10 N–H and O–H groups in total. The first kappa shape index (κ1) is 57.6. The lowest BCUT2D eigenvalue weighted by molar-refractivity contribution is -0.142. The van der Waals surface area contributed by atoms with E-state index in [0.29, 0.717) is 30.4 Å². The second-order valence-electron chi connectivity index (χ2n) is 17.6. The van der Waals surface area contributed by atoms with Crippen LogP contribution in [0.25, 0.3) is 0 Å². The molecule has 21 nitrogen and oxygen atoms in total. The minimum Gasteiger partial charge on any atom is -0.481 e. The second kappa shape index (κ2) is 28.5. The maximum absolute atomic E-state index is 14.4. The minimum atomic E-state index is -1.81. The Kier molecular flexibility index (Phi) is 24.9. The topological polar surface area (TPSA) is 333 Å². The van der Waals surface area contributed by atoms with Crippen LogP contribution in [0.1, 0.15) is 124 Å². The largest absolute Gasteiger partial charge is 0.481 e. The minimum absolute atomic E-state index is 0.105. The number of rotatable bonds is 30. The number of benzene rings is 1. The Morgan fingerprint density at radius 3 is 1.68 bits per heavy atom. The van der Waals surface area contributed by atoms with Crippen molar-refractivity contribution in [3.63, 3.8) is 0 Å². The van der Waals surface area contributed by atoms with Crippen molar-refractivity contribution in [1.29, 1.82) is 0 Å². The fourth-order valence-electron chi connectivity index (χ4n) is 6.53. The van der Waals surface area contributed by atoms with Crippen LogP contribution in [0.3, 0.4) is 0 Å². The van der Waals surface area contributed by atoms with Crippen LogP contribution in [-0.4, -0.2) is 123 Å². The number of aryl methyl sites for hydroxylation is 1. The summed E-state index contributed by atoms with van der Waals surface area (Å²) in [5.74, 6) is -11.8. The number of hydrogen-bond acceptors (Lipinski definition) is 11. The summed E-state index contributed by atoms with van der Waals surface area (Å²) in [4.78, 5) is 142. The highest BCUT2D eigenvalue weighted by Gasteiger charge is 2.39. The third kappa shape index (κ3) is 21.5. The van der Waals surface area contributed by atoms with Crippen molar-refractivity contribution in [2.75, 3.05) is 6.54 Å². The summed E-state index contributed by atoms with van der Waals surface area (Å²) >= 11 is 0. The Morgan fingerprint density at radius 2 is 1.14 bits per heavy atom. The van der Waals surface area contributed by atoms with Crippen molar-refractivity contribution >= 4 is 65.0 Å². The van der Waals surface area contributed by atoms with Gasteiger partial charge >= 0.3 is 17.9 Å². The molecule has 1 aromatic rings. The summed E-state index contributed by atoms with van der Waals surface area (Å²) in [6, 6.07) is -1.91. The van der Waals surface area contributed by atoms with E-state index >= 15 is 0 Å². The molecule has 66 heavy (non-hydrogen) atoms.